The first-order valence-electron chi connectivity index (χ1n) is 12.2. The van der Waals surface area contributed by atoms with Gasteiger partial charge in [-0.1, -0.05) is 47.1 Å². The van der Waals surface area contributed by atoms with Gasteiger partial charge in [0.25, 0.3) is 0 Å². The van der Waals surface area contributed by atoms with Crippen LogP contribution in [-0.4, -0.2) is 32.1 Å². The quantitative estimate of drug-likeness (QED) is 0.279. The molecule has 0 saturated heterocycles. The van der Waals surface area contributed by atoms with E-state index in [1.54, 1.807) is 18.3 Å². The molecule has 5 aromatic rings. The van der Waals surface area contributed by atoms with Crippen LogP contribution in [0.1, 0.15) is 29.9 Å². The summed E-state index contributed by atoms with van der Waals surface area (Å²) in [4.78, 5) is 29.7. The predicted octanol–water partition coefficient (Wildman–Crippen LogP) is 5.21. The highest BCUT2D eigenvalue weighted by atomic mass is 35.5. The number of halogens is 1. The van der Waals surface area contributed by atoms with Gasteiger partial charge in [0.15, 0.2) is 0 Å². The van der Waals surface area contributed by atoms with Crippen molar-refractivity contribution in [3.63, 3.8) is 0 Å². The molecule has 2 amide bonds. The van der Waals surface area contributed by atoms with Crippen molar-refractivity contribution in [3.8, 4) is 17.2 Å². The minimum atomic E-state index is -0.800. The van der Waals surface area contributed by atoms with Crippen LogP contribution in [0.25, 0.3) is 28.1 Å². The molecule has 0 atom stereocenters. The van der Waals surface area contributed by atoms with Gasteiger partial charge in [0, 0.05) is 24.5 Å². The van der Waals surface area contributed by atoms with E-state index in [2.05, 4.69) is 20.8 Å². The molecular formula is C28H24ClN5O3S. The molecule has 0 bridgehead atoms. The topological polar surface area (TPSA) is 102 Å². The molecule has 1 fully saturated rings. The number of nitrogens with one attached hydrogen (secondary N) is 2. The Morgan fingerprint density at radius 3 is 2.58 bits per heavy atom. The molecule has 0 spiro atoms. The summed E-state index contributed by atoms with van der Waals surface area (Å²) >= 11 is 8.33. The van der Waals surface area contributed by atoms with E-state index < -0.39 is 5.54 Å². The number of carbonyl (C=O) groups excluding carboxylic acids is 2. The van der Waals surface area contributed by atoms with Crippen LogP contribution in [0.15, 0.2) is 69.9 Å². The fraction of sp³-hybridized carbons (Fsp3) is 0.214. The van der Waals surface area contributed by atoms with Crippen LogP contribution in [0.5, 0.6) is 0 Å². The minimum absolute atomic E-state index is 0.134. The summed E-state index contributed by atoms with van der Waals surface area (Å²) in [7, 11) is 0. The number of nitrogens with zero attached hydrogens (tertiary/aromatic N) is 3. The first kappa shape index (κ1) is 24.4. The summed E-state index contributed by atoms with van der Waals surface area (Å²) in [6.07, 6.45) is 1.57. The summed E-state index contributed by atoms with van der Waals surface area (Å²) in [6.45, 7) is 2.09. The van der Waals surface area contributed by atoms with Crippen LogP contribution in [0.2, 0.25) is 5.02 Å². The van der Waals surface area contributed by atoms with Gasteiger partial charge in [-0.25, -0.2) is 0 Å². The second-order valence-corrected chi connectivity index (χ2v) is 10.6. The summed E-state index contributed by atoms with van der Waals surface area (Å²) in [5.74, 6) is 0.578. The normalized spacial score (nSPS) is 13.9. The Balaban J connectivity index is 1.18. The van der Waals surface area contributed by atoms with Gasteiger partial charge in [-0.05, 0) is 59.0 Å². The van der Waals surface area contributed by atoms with Crippen molar-refractivity contribution in [2.75, 3.05) is 0 Å². The zero-order chi connectivity index (χ0) is 26.3. The SMILES string of the molecule is Cc1nc(-c2c(Cl)c3ccccc3n2-c2ccc(CNC(=O)C3(NC(=O)Cc4ccsc4)CC3)cc2)no1. The lowest BCUT2D eigenvalue weighted by Gasteiger charge is -2.17. The molecule has 2 aromatic carbocycles. The fourth-order valence-electron chi connectivity index (χ4n) is 4.60. The molecule has 8 nitrogen and oxygen atoms in total. The van der Waals surface area contributed by atoms with Gasteiger partial charge in [-0.3, -0.25) is 9.59 Å². The van der Waals surface area contributed by atoms with E-state index in [1.165, 1.54) is 0 Å². The number of thiophene rings is 1. The Morgan fingerprint density at radius 2 is 1.89 bits per heavy atom. The van der Waals surface area contributed by atoms with E-state index >= 15 is 0 Å². The van der Waals surface area contributed by atoms with Crippen molar-refractivity contribution in [2.45, 2.75) is 38.3 Å². The van der Waals surface area contributed by atoms with Gasteiger partial charge in [0.1, 0.15) is 11.2 Å². The zero-order valence-corrected chi connectivity index (χ0v) is 22.1. The second-order valence-electron chi connectivity index (χ2n) is 9.44. The number of carbonyl (C=O) groups is 2. The molecule has 1 aliphatic rings. The van der Waals surface area contributed by atoms with Gasteiger partial charge in [-0.2, -0.15) is 16.3 Å². The maximum absolute atomic E-state index is 12.9. The Morgan fingerprint density at radius 1 is 1.11 bits per heavy atom. The number of aryl methyl sites for hydroxylation is 1. The van der Waals surface area contributed by atoms with Crippen molar-refractivity contribution < 1.29 is 14.1 Å². The molecule has 1 aliphatic carbocycles. The molecule has 0 aliphatic heterocycles. The van der Waals surface area contributed by atoms with Crippen molar-refractivity contribution in [1.29, 1.82) is 0 Å². The monoisotopic (exact) mass is 545 g/mol. The molecule has 2 N–H and O–H groups in total. The van der Waals surface area contributed by atoms with Crippen LogP contribution in [0.4, 0.5) is 0 Å². The Bertz CT molecular complexity index is 1630. The Labute approximate surface area is 227 Å². The largest absolute Gasteiger partial charge is 0.350 e. The lowest BCUT2D eigenvalue weighted by atomic mass is 10.1. The highest BCUT2D eigenvalue weighted by Gasteiger charge is 2.50. The highest BCUT2D eigenvalue weighted by Crippen LogP contribution is 2.39. The van der Waals surface area contributed by atoms with Crippen LogP contribution in [0, 0.1) is 6.92 Å². The molecule has 10 heteroatoms. The third-order valence-corrected chi connectivity index (χ3v) is 7.82. The third-order valence-electron chi connectivity index (χ3n) is 6.71. The molecule has 3 heterocycles. The summed E-state index contributed by atoms with van der Waals surface area (Å²) < 4.78 is 7.22. The number of benzene rings is 2. The third kappa shape index (κ3) is 4.59. The predicted molar refractivity (Wildman–Crippen MR) is 146 cm³/mol. The minimum Gasteiger partial charge on any atom is -0.350 e. The van der Waals surface area contributed by atoms with E-state index in [0.29, 0.717) is 41.8 Å². The first-order chi connectivity index (χ1) is 18.4. The lowest BCUT2D eigenvalue weighted by molar-refractivity contribution is -0.129. The molecular weight excluding hydrogens is 522 g/mol. The van der Waals surface area contributed by atoms with Crippen LogP contribution in [0.3, 0.4) is 0 Å². The van der Waals surface area contributed by atoms with Gasteiger partial charge in [0.2, 0.25) is 23.5 Å². The number of rotatable bonds is 8. The fourth-order valence-corrected chi connectivity index (χ4v) is 5.60. The van der Waals surface area contributed by atoms with Crippen LogP contribution in [-0.2, 0) is 22.6 Å². The van der Waals surface area contributed by atoms with Crippen LogP contribution < -0.4 is 10.6 Å². The maximum atomic E-state index is 12.9. The second kappa shape index (κ2) is 9.74. The highest BCUT2D eigenvalue weighted by molar-refractivity contribution is 7.08. The Kier molecular flexibility index (Phi) is 6.25. The number of amides is 2. The van der Waals surface area contributed by atoms with Gasteiger partial charge in [0.05, 0.1) is 17.0 Å². The molecule has 1 saturated carbocycles. The van der Waals surface area contributed by atoms with Crippen molar-refractivity contribution in [3.05, 3.63) is 87.4 Å². The van der Waals surface area contributed by atoms with Gasteiger partial charge >= 0.3 is 0 Å². The van der Waals surface area contributed by atoms with Crippen molar-refractivity contribution in [1.82, 2.24) is 25.3 Å². The van der Waals surface area contributed by atoms with Crippen molar-refractivity contribution >= 4 is 45.7 Å². The molecule has 192 valence electrons. The number of hydrogen-bond donors (Lipinski definition) is 2. The Hall–Kier alpha value is -3.95. The number of fused-ring (bicyclic) bond motifs is 1. The van der Waals surface area contributed by atoms with Gasteiger partial charge < -0.3 is 19.7 Å². The molecule has 0 radical (unpaired) electrons. The molecule has 6 rings (SSSR count). The lowest BCUT2D eigenvalue weighted by Crippen LogP contribution is -2.49. The number of aromatic nitrogens is 3. The van der Waals surface area contributed by atoms with E-state index in [0.717, 1.165) is 27.7 Å². The van der Waals surface area contributed by atoms with Crippen LogP contribution >= 0.6 is 22.9 Å². The average Bonchev–Trinajstić information content (AvgIpc) is 3.21. The van der Waals surface area contributed by atoms with E-state index in [4.69, 9.17) is 16.1 Å². The average molecular weight is 546 g/mol. The molecule has 3 aromatic heterocycles. The molecule has 38 heavy (non-hydrogen) atoms. The summed E-state index contributed by atoms with van der Waals surface area (Å²) in [5.41, 5.74) is 3.54. The van der Waals surface area contributed by atoms with E-state index in [9.17, 15) is 9.59 Å². The standard InChI is InChI=1S/C28H24ClN5O3S/c1-17-31-26(33-37-17)25-24(29)21-4-2-3-5-22(21)34(25)20-8-6-18(7-9-20)15-30-27(36)28(11-12-28)32-23(35)14-19-10-13-38-16-19/h2-10,13,16H,11-12,14-15H2,1H3,(H,30,36)(H,32,35). The smallest absolute Gasteiger partial charge is 0.246 e. The zero-order valence-electron chi connectivity index (χ0n) is 20.5. The number of hydrogen-bond acceptors (Lipinski definition) is 6. The summed E-state index contributed by atoms with van der Waals surface area (Å²) in [5, 5.41) is 15.3. The molecule has 0 unspecified atom stereocenters. The summed E-state index contributed by atoms with van der Waals surface area (Å²) in [6, 6.07) is 17.6. The van der Waals surface area contributed by atoms with Gasteiger partial charge in [-0.15, -0.1) is 0 Å². The van der Waals surface area contributed by atoms with E-state index in [1.807, 2.05) is 69.9 Å². The maximum Gasteiger partial charge on any atom is 0.246 e. The van der Waals surface area contributed by atoms with E-state index in [-0.39, 0.29) is 18.2 Å². The number of para-hydroxylation sites is 1. The first-order valence-corrected chi connectivity index (χ1v) is 13.5. The van der Waals surface area contributed by atoms with Crippen molar-refractivity contribution in [2.24, 2.45) is 0 Å².